The highest BCUT2D eigenvalue weighted by atomic mass is 35.5. The third kappa shape index (κ3) is 3.80. The minimum atomic E-state index is -0.282. The average molecular weight is 449 g/mol. The quantitative estimate of drug-likeness (QED) is 0.638. The van der Waals surface area contributed by atoms with Gasteiger partial charge in [-0.1, -0.05) is 74.0 Å². The van der Waals surface area contributed by atoms with Gasteiger partial charge in [0.15, 0.2) is 0 Å². The number of piperidine rings is 1. The van der Waals surface area contributed by atoms with Gasteiger partial charge in [0, 0.05) is 35.0 Å². The SMILES string of the molecule is C[C@H]1CN(C2CCC(C)(C(=O)NCc3ccc(Cl)cc3)C2)CC[C@@]12C=Cc1ccccc12. The van der Waals surface area contributed by atoms with Crippen LogP contribution < -0.4 is 5.32 Å². The summed E-state index contributed by atoms with van der Waals surface area (Å²) in [4.78, 5) is 15.7. The number of nitrogens with zero attached hydrogens (tertiary/aromatic N) is 1. The van der Waals surface area contributed by atoms with E-state index in [0.717, 1.165) is 49.4 Å². The molecule has 32 heavy (non-hydrogen) atoms. The Hall–Kier alpha value is -2.10. The van der Waals surface area contributed by atoms with Crippen LogP contribution in [-0.4, -0.2) is 29.9 Å². The van der Waals surface area contributed by atoms with E-state index < -0.39 is 0 Å². The third-order valence-electron chi connectivity index (χ3n) is 8.37. The largest absolute Gasteiger partial charge is 0.352 e. The van der Waals surface area contributed by atoms with Gasteiger partial charge in [-0.25, -0.2) is 0 Å². The number of amides is 1. The second-order valence-corrected chi connectivity index (χ2v) is 10.8. The number of allylic oxidation sites excluding steroid dienone is 1. The van der Waals surface area contributed by atoms with Gasteiger partial charge in [-0.3, -0.25) is 9.69 Å². The lowest BCUT2D eigenvalue weighted by Gasteiger charge is -2.46. The maximum absolute atomic E-state index is 13.1. The van der Waals surface area contributed by atoms with Crippen molar-refractivity contribution in [1.82, 2.24) is 10.2 Å². The van der Waals surface area contributed by atoms with Crippen molar-refractivity contribution in [3.05, 3.63) is 76.3 Å². The normalized spacial score (nSPS) is 31.7. The first-order valence-corrected chi connectivity index (χ1v) is 12.3. The number of halogens is 1. The van der Waals surface area contributed by atoms with Crippen molar-refractivity contribution in [1.29, 1.82) is 0 Å². The zero-order chi connectivity index (χ0) is 22.3. The molecule has 2 aromatic rings. The van der Waals surface area contributed by atoms with Gasteiger partial charge in [-0.05, 0) is 67.0 Å². The van der Waals surface area contributed by atoms with Crippen LogP contribution in [0.2, 0.25) is 5.02 Å². The van der Waals surface area contributed by atoms with Crippen molar-refractivity contribution in [3.63, 3.8) is 0 Å². The van der Waals surface area contributed by atoms with Gasteiger partial charge in [0.2, 0.25) is 5.91 Å². The lowest BCUT2D eigenvalue weighted by Crippen LogP contribution is -2.50. The van der Waals surface area contributed by atoms with Gasteiger partial charge in [0.1, 0.15) is 0 Å². The van der Waals surface area contributed by atoms with Gasteiger partial charge in [0.25, 0.3) is 0 Å². The van der Waals surface area contributed by atoms with Crippen molar-refractivity contribution >= 4 is 23.6 Å². The molecule has 1 amide bonds. The minimum absolute atomic E-state index is 0.184. The second kappa shape index (κ2) is 8.35. The number of fused-ring (bicyclic) bond motifs is 2. The Labute approximate surface area is 196 Å². The summed E-state index contributed by atoms with van der Waals surface area (Å²) >= 11 is 5.97. The van der Waals surface area contributed by atoms with E-state index in [9.17, 15) is 4.79 Å². The standard InChI is InChI=1S/C28H33ClN2O/c1-20-19-31(16-15-28(20)14-11-22-5-3-4-6-25(22)28)24-12-13-27(2,17-24)26(32)30-18-21-7-9-23(29)10-8-21/h3-11,14,20,24H,12-13,15-19H2,1-2H3,(H,30,32)/t20-,24?,27?,28-/m0/s1. The highest BCUT2D eigenvalue weighted by Crippen LogP contribution is 2.49. The fraction of sp³-hybridized carbons (Fsp3) is 0.464. The highest BCUT2D eigenvalue weighted by Gasteiger charge is 2.48. The molecule has 2 unspecified atom stereocenters. The number of rotatable bonds is 4. The monoisotopic (exact) mass is 448 g/mol. The molecular weight excluding hydrogens is 416 g/mol. The van der Waals surface area contributed by atoms with Gasteiger partial charge in [-0.2, -0.15) is 0 Å². The fourth-order valence-corrected chi connectivity index (χ4v) is 6.41. The molecule has 2 aliphatic carbocycles. The Kier molecular flexibility index (Phi) is 5.67. The predicted octanol–water partition coefficient (Wildman–Crippen LogP) is 5.82. The van der Waals surface area contributed by atoms with Gasteiger partial charge >= 0.3 is 0 Å². The molecular formula is C28H33ClN2O. The molecule has 1 saturated heterocycles. The Bertz CT molecular complexity index is 1030. The summed E-state index contributed by atoms with van der Waals surface area (Å²) in [6.45, 7) is 7.33. The second-order valence-electron chi connectivity index (χ2n) is 10.4. The molecule has 4 heteroatoms. The predicted molar refractivity (Wildman–Crippen MR) is 132 cm³/mol. The van der Waals surface area contributed by atoms with Crippen LogP contribution in [0, 0.1) is 11.3 Å². The Balaban J connectivity index is 1.20. The zero-order valence-electron chi connectivity index (χ0n) is 19.1. The Morgan fingerprint density at radius 3 is 2.72 bits per heavy atom. The van der Waals surface area contributed by atoms with E-state index in [4.69, 9.17) is 11.6 Å². The molecule has 168 valence electrons. The zero-order valence-corrected chi connectivity index (χ0v) is 19.9. The first-order valence-electron chi connectivity index (χ1n) is 12.0. The summed E-state index contributed by atoms with van der Waals surface area (Å²) in [7, 11) is 0. The molecule has 1 spiro atoms. The van der Waals surface area contributed by atoms with Crippen LogP contribution in [-0.2, 0) is 16.8 Å². The molecule has 0 aromatic heterocycles. The highest BCUT2D eigenvalue weighted by molar-refractivity contribution is 6.30. The number of hydrogen-bond acceptors (Lipinski definition) is 2. The van der Waals surface area contributed by atoms with Crippen LogP contribution in [0.4, 0.5) is 0 Å². The molecule has 1 aliphatic heterocycles. The number of benzene rings is 2. The average Bonchev–Trinajstić information content (AvgIpc) is 3.38. The number of carbonyl (C=O) groups is 1. The van der Waals surface area contributed by atoms with E-state index in [2.05, 4.69) is 60.5 Å². The van der Waals surface area contributed by atoms with E-state index in [1.165, 1.54) is 11.1 Å². The third-order valence-corrected chi connectivity index (χ3v) is 8.62. The van der Waals surface area contributed by atoms with Crippen LogP contribution in [0.1, 0.15) is 56.2 Å². The van der Waals surface area contributed by atoms with Crippen molar-refractivity contribution in [2.45, 2.75) is 57.5 Å². The summed E-state index contributed by atoms with van der Waals surface area (Å²) in [5, 5.41) is 3.90. The smallest absolute Gasteiger partial charge is 0.226 e. The van der Waals surface area contributed by atoms with Crippen molar-refractivity contribution < 1.29 is 4.79 Å². The molecule has 2 fully saturated rings. The van der Waals surface area contributed by atoms with Gasteiger partial charge < -0.3 is 5.32 Å². The number of carbonyl (C=O) groups excluding carboxylic acids is 1. The number of likely N-dealkylation sites (tertiary alicyclic amines) is 1. The van der Waals surface area contributed by atoms with Crippen LogP contribution in [0.5, 0.6) is 0 Å². The number of nitrogens with one attached hydrogen (secondary N) is 1. The molecule has 5 rings (SSSR count). The summed E-state index contributed by atoms with van der Waals surface area (Å²) < 4.78 is 0. The first kappa shape index (κ1) is 21.7. The maximum Gasteiger partial charge on any atom is 0.226 e. The molecule has 1 heterocycles. The molecule has 3 nitrogen and oxygen atoms in total. The molecule has 0 radical (unpaired) electrons. The Morgan fingerprint density at radius 2 is 1.94 bits per heavy atom. The van der Waals surface area contributed by atoms with Crippen LogP contribution in [0.15, 0.2) is 54.6 Å². The number of hydrogen-bond donors (Lipinski definition) is 1. The minimum Gasteiger partial charge on any atom is -0.352 e. The summed E-state index contributed by atoms with van der Waals surface area (Å²) in [5.41, 5.74) is 3.88. The van der Waals surface area contributed by atoms with Crippen molar-refractivity contribution in [3.8, 4) is 0 Å². The maximum atomic E-state index is 13.1. The summed E-state index contributed by atoms with van der Waals surface area (Å²) in [5.74, 6) is 0.755. The van der Waals surface area contributed by atoms with Crippen molar-refractivity contribution in [2.75, 3.05) is 13.1 Å². The van der Waals surface area contributed by atoms with E-state index >= 15 is 0 Å². The molecule has 3 aliphatic rings. The van der Waals surface area contributed by atoms with Gasteiger partial charge in [-0.15, -0.1) is 0 Å². The van der Waals surface area contributed by atoms with Crippen molar-refractivity contribution in [2.24, 2.45) is 11.3 Å². The molecule has 1 N–H and O–H groups in total. The fourth-order valence-electron chi connectivity index (χ4n) is 6.28. The van der Waals surface area contributed by atoms with E-state index in [0.29, 0.717) is 18.5 Å². The lowest BCUT2D eigenvalue weighted by atomic mass is 9.68. The molecule has 2 aromatic carbocycles. The van der Waals surface area contributed by atoms with Crippen LogP contribution in [0.3, 0.4) is 0 Å². The van der Waals surface area contributed by atoms with E-state index in [-0.39, 0.29) is 16.7 Å². The molecule has 4 atom stereocenters. The van der Waals surface area contributed by atoms with Crippen LogP contribution >= 0.6 is 11.6 Å². The topological polar surface area (TPSA) is 32.3 Å². The first-order chi connectivity index (χ1) is 15.4. The lowest BCUT2D eigenvalue weighted by molar-refractivity contribution is -0.130. The van der Waals surface area contributed by atoms with E-state index in [1.54, 1.807) is 0 Å². The molecule has 1 saturated carbocycles. The molecule has 0 bridgehead atoms. The summed E-state index contributed by atoms with van der Waals surface area (Å²) in [6, 6.07) is 17.1. The Morgan fingerprint density at radius 1 is 1.16 bits per heavy atom. The van der Waals surface area contributed by atoms with Crippen LogP contribution in [0.25, 0.3) is 6.08 Å². The van der Waals surface area contributed by atoms with E-state index in [1.807, 2.05) is 24.3 Å². The van der Waals surface area contributed by atoms with Gasteiger partial charge in [0.05, 0.1) is 0 Å². The summed E-state index contributed by atoms with van der Waals surface area (Å²) in [6.07, 6.45) is 8.96.